The van der Waals surface area contributed by atoms with Crippen LogP contribution >= 0.6 is 0 Å². The van der Waals surface area contributed by atoms with Crippen LogP contribution in [-0.2, 0) is 6.54 Å². The van der Waals surface area contributed by atoms with Gasteiger partial charge >= 0.3 is 0 Å². The third kappa shape index (κ3) is 4.13. The van der Waals surface area contributed by atoms with Gasteiger partial charge < -0.3 is 9.47 Å². The van der Waals surface area contributed by atoms with Gasteiger partial charge in [0.25, 0.3) is 0 Å². The van der Waals surface area contributed by atoms with E-state index in [1.807, 2.05) is 32.6 Å². The highest BCUT2D eigenvalue weighted by atomic mass is 15.2. The van der Waals surface area contributed by atoms with Crippen molar-refractivity contribution in [1.29, 1.82) is 0 Å². The number of aryl methyl sites for hydroxylation is 2. The zero-order valence-electron chi connectivity index (χ0n) is 16.8. The molecule has 0 N–H and O–H groups in total. The fraction of sp³-hybridized carbons (Fsp3) is 0.227. The monoisotopic (exact) mass is 385 g/mol. The lowest BCUT2D eigenvalue weighted by atomic mass is 10.0. The Morgan fingerprint density at radius 3 is 2.38 bits per heavy atom. The lowest BCUT2D eigenvalue weighted by Gasteiger charge is -2.19. The van der Waals surface area contributed by atoms with Crippen molar-refractivity contribution in [3.05, 3.63) is 73.0 Å². The Bertz CT molecular complexity index is 1090. The number of rotatable bonds is 6. The van der Waals surface area contributed by atoms with Crippen molar-refractivity contribution in [2.24, 2.45) is 0 Å². The molecule has 0 radical (unpaired) electrons. The highest BCUT2D eigenvalue weighted by molar-refractivity contribution is 5.80. The highest BCUT2D eigenvalue weighted by Gasteiger charge is 2.14. The zero-order chi connectivity index (χ0) is 20.2. The Morgan fingerprint density at radius 2 is 1.69 bits per heavy atom. The summed E-state index contributed by atoms with van der Waals surface area (Å²) in [7, 11) is 2.01. The molecule has 0 aliphatic heterocycles. The van der Waals surface area contributed by atoms with Gasteiger partial charge in [-0.25, -0.2) is 24.9 Å². The molecule has 0 amide bonds. The van der Waals surface area contributed by atoms with Crippen molar-refractivity contribution in [3.8, 4) is 22.4 Å². The number of aromatic nitrogens is 6. The number of anilines is 1. The molecule has 0 aliphatic carbocycles. The largest absolute Gasteiger partial charge is 0.342 e. The van der Waals surface area contributed by atoms with Crippen molar-refractivity contribution >= 4 is 5.95 Å². The molecule has 3 aromatic heterocycles. The second-order valence-electron chi connectivity index (χ2n) is 7.01. The number of likely N-dealkylation sites (N-methyl/N-ethyl adjacent to an activating group) is 1. The standard InChI is InChI=1S/C22H23N7/c1-16-4-6-18(7-5-16)21-20(19-12-23-15-24-13-19)14-26-22(27-21)28(3)10-11-29-9-8-25-17(29)2/h4-9,12-15H,10-11H2,1-3H3. The van der Waals surface area contributed by atoms with E-state index in [9.17, 15) is 0 Å². The molecule has 0 aliphatic rings. The Balaban J connectivity index is 1.68. The summed E-state index contributed by atoms with van der Waals surface area (Å²) in [6.45, 7) is 5.67. The van der Waals surface area contributed by atoms with Gasteiger partial charge in [-0.15, -0.1) is 0 Å². The average molecular weight is 385 g/mol. The van der Waals surface area contributed by atoms with Gasteiger partial charge in [-0.3, -0.25) is 0 Å². The number of imidazole rings is 1. The normalized spacial score (nSPS) is 10.9. The molecule has 7 nitrogen and oxygen atoms in total. The molecule has 0 spiro atoms. The summed E-state index contributed by atoms with van der Waals surface area (Å²) in [5.41, 5.74) is 4.93. The maximum atomic E-state index is 4.91. The highest BCUT2D eigenvalue weighted by Crippen LogP contribution is 2.30. The minimum absolute atomic E-state index is 0.680. The van der Waals surface area contributed by atoms with E-state index in [2.05, 4.69) is 60.6 Å². The van der Waals surface area contributed by atoms with Crippen LogP contribution in [0.3, 0.4) is 0 Å². The molecule has 1 aromatic carbocycles. The molecule has 0 saturated carbocycles. The summed E-state index contributed by atoms with van der Waals surface area (Å²) in [5.74, 6) is 1.68. The lowest BCUT2D eigenvalue weighted by Crippen LogP contribution is -2.25. The fourth-order valence-corrected chi connectivity index (χ4v) is 3.14. The first kappa shape index (κ1) is 18.7. The van der Waals surface area contributed by atoms with Gasteiger partial charge in [0.1, 0.15) is 12.2 Å². The van der Waals surface area contributed by atoms with Gasteiger partial charge in [0.2, 0.25) is 5.95 Å². The number of hydrogen-bond donors (Lipinski definition) is 0. The molecule has 0 atom stereocenters. The molecule has 146 valence electrons. The van der Waals surface area contributed by atoms with E-state index in [0.29, 0.717) is 5.95 Å². The Kier molecular flexibility index (Phi) is 5.29. The minimum atomic E-state index is 0.680. The van der Waals surface area contributed by atoms with Crippen LogP contribution in [0.2, 0.25) is 0 Å². The smallest absolute Gasteiger partial charge is 0.225 e. The second-order valence-corrected chi connectivity index (χ2v) is 7.01. The summed E-state index contributed by atoms with van der Waals surface area (Å²) in [5, 5.41) is 0. The second kappa shape index (κ2) is 8.18. The molecule has 0 unspecified atom stereocenters. The van der Waals surface area contributed by atoms with Gasteiger partial charge in [-0.05, 0) is 13.8 Å². The van der Waals surface area contributed by atoms with Crippen LogP contribution in [0.1, 0.15) is 11.4 Å². The predicted octanol–water partition coefficient (Wildman–Crippen LogP) is 3.55. The SMILES string of the molecule is Cc1ccc(-c2nc(N(C)CCn3ccnc3C)ncc2-c2cncnc2)cc1. The van der Waals surface area contributed by atoms with Crippen molar-refractivity contribution in [1.82, 2.24) is 29.5 Å². The van der Waals surface area contributed by atoms with Gasteiger partial charge in [0.15, 0.2) is 0 Å². The van der Waals surface area contributed by atoms with Crippen LogP contribution in [0.5, 0.6) is 0 Å². The first-order valence-corrected chi connectivity index (χ1v) is 9.50. The van der Waals surface area contributed by atoms with Gasteiger partial charge in [0, 0.05) is 67.8 Å². The number of hydrogen-bond acceptors (Lipinski definition) is 6. The summed E-state index contributed by atoms with van der Waals surface area (Å²) in [4.78, 5) is 24.1. The minimum Gasteiger partial charge on any atom is -0.342 e. The first-order valence-electron chi connectivity index (χ1n) is 9.50. The molecular weight excluding hydrogens is 362 g/mol. The number of benzene rings is 1. The Hall–Kier alpha value is -3.61. The van der Waals surface area contributed by atoms with E-state index in [1.54, 1.807) is 12.4 Å². The van der Waals surface area contributed by atoms with Gasteiger partial charge in [-0.1, -0.05) is 29.8 Å². The van der Waals surface area contributed by atoms with Crippen LogP contribution in [0.15, 0.2) is 61.6 Å². The van der Waals surface area contributed by atoms with E-state index in [-0.39, 0.29) is 0 Å². The van der Waals surface area contributed by atoms with Crippen LogP contribution in [0.4, 0.5) is 5.95 Å². The van der Waals surface area contributed by atoms with E-state index in [1.165, 1.54) is 11.9 Å². The summed E-state index contributed by atoms with van der Waals surface area (Å²) in [6, 6.07) is 8.36. The topological polar surface area (TPSA) is 72.6 Å². The van der Waals surface area contributed by atoms with Crippen molar-refractivity contribution < 1.29 is 0 Å². The molecule has 4 rings (SSSR count). The maximum Gasteiger partial charge on any atom is 0.225 e. The summed E-state index contributed by atoms with van der Waals surface area (Å²) in [6.07, 6.45) is 10.8. The molecule has 7 heteroatoms. The average Bonchev–Trinajstić information content (AvgIpc) is 3.17. The van der Waals surface area contributed by atoms with Crippen molar-refractivity contribution in [2.75, 3.05) is 18.5 Å². The third-order valence-electron chi connectivity index (χ3n) is 4.91. The van der Waals surface area contributed by atoms with E-state index >= 15 is 0 Å². The van der Waals surface area contributed by atoms with Crippen LogP contribution in [-0.4, -0.2) is 43.1 Å². The molecule has 0 bridgehead atoms. The van der Waals surface area contributed by atoms with Crippen LogP contribution in [0.25, 0.3) is 22.4 Å². The Labute approximate surface area is 170 Å². The van der Waals surface area contributed by atoms with E-state index < -0.39 is 0 Å². The van der Waals surface area contributed by atoms with Crippen molar-refractivity contribution in [2.45, 2.75) is 20.4 Å². The van der Waals surface area contributed by atoms with Gasteiger partial charge in [0.05, 0.1) is 5.69 Å². The maximum absolute atomic E-state index is 4.91. The summed E-state index contributed by atoms with van der Waals surface area (Å²) >= 11 is 0. The van der Waals surface area contributed by atoms with E-state index in [4.69, 9.17) is 4.98 Å². The summed E-state index contributed by atoms with van der Waals surface area (Å²) < 4.78 is 2.12. The molecule has 4 aromatic rings. The molecule has 3 heterocycles. The molecule has 0 fully saturated rings. The van der Waals surface area contributed by atoms with Crippen molar-refractivity contribution in [3.63, 3.8) is 0 Å². The van der Waals surface area contributed by atoms with E-state index in [0.717, 1.165) is 41.3 Å². The Morgan fingerprint density at radius 1 is 0.931 bits per heavy atom. The molecule has 0 saturated heterocycles. The van der Waals surface area contributed by atoms with Crippen LogP contribution in [0, 0.1) is 13.8 Å². The number of nitrogens with zero attached hydrogens (tertiary/aromatic N) is 7. The predicted molar refractivity (Wildman–Crippen MR) is 113 cm³/mol. The molecule has 29 heavy (non-hydrogen) atoms. The fourth-order valence-electron chi connectivity index (χ4n) is 3.14. The zero-order valence-corrected chi connectivity index (χ0v) is 16.8. The first-order chi connectivity index (χ1) is 14.1. The quantitative estimate of drug-likeness (QED) is 0.505. The lowest BCUT2D eigenvalue weighted by molar-refractivity contribution is 0.657. The van der Waals surface area contributed by atoms with Gasteiger partial charge in [-0.2, -0.15) is 0 Å². The third-order valence-corrected chi connectivity index (χ3v) is 4.91. The molecular formula is C22H23N7. The van der Waals surface area contributed by atoms with Crippen LogP contribution < -0.4 is 4.90 Å².